The first-order valence-electron chi connectivity index (χ1n) is 8.99. The Morgan fingerprint density at radius 3 is 2.71 bits per heavy atom. The molecule has 1 aromatic heterocycles. The lowest BCUT2D eigenvalue weighted by atomic mass is 10.1. The van der Waals surface area contributed by atoms with E-state index in [0.29, 0.717) is 23.4 Å². The Bertz CT molecular complexity index is 855. The van der Waals surface area contributed by atoms with Gasteiger partial charge in [0.05, 0.1) is 11.4 Å². The summed E-state index contributed by atoms with van der Waals surface area (Å²) in [4.78, 5) is 14.0. The van der Waals surface area contributed by atoms with Crippen molar-refractivity contribution in [2.24, 2.45) is 0 Å². The number of carbonyl (C=O) groups excluding carboxylic acids is 1. The number of ether oxygens (including phenoxy) is 1. The summed E-state index contributed by atoms with van der Waals surface area (Å²) in [6, 6.07) is 9.67. The Morgan fingerprint density at radius 1 is 1.29 bits per heavy atom. The molecule has 0 radical (unpaired) electrons. The normalized spacial score (nSPS) is 18.0. The lowest BCUT2D eigenvalue weighted by Gasteiger charge is -2.34. The molecule has 1 aliphatic heterocycles. The fourth-order valence-corrected chi connectivity index (χ4v) is 4.29. The first kappa shape index (κ1) is 20.6. The predicted molar refractivity (Wildman–Crippen MR) is 103 cm³/mol. The molecular weight excluding hydrogens is 387 g/mol. The zero-order chi connectivity index (χ0) is 20.1. The van der Waals surface area contributed by atoms with E-state index < -0.39 is 11.1 Å². The van der Waals surface area contributed by atoms with Crippen LogP contribution in [-0.4, -0.2) is 36.6 Å². The van der Waals surface area contributed by atoms with Crippen molar-refractivity contribution in [2.75, 3.05) is 19.7 Å². The van der Waals surface area contributed by atoms with Gasteiger partial charge >= 0.3 is 6.18 Å². The number of terminal acetylenes is 1. The lowest BCUT2D eigenvalue weighted by Crippen LogP contribution is -2.44. The number of benzene rings is 1. The number of halogens is 3. The summed E-state index contributed by atoms with van der Waals surface area (Å²) in [5, 5.41) is 0. The van der Waals surface area contributed by atoms with Crippen LogP contribution in [0.15, 0.2) is 36.4 Å². The summed E-state index contributed by atoms with van der Waals surface area (Å²) in [7, 11) is 0. The van der Waals surface area contributed by atoms with E-state index in [9.17, 15) is 18.0 Å². The predicted octanol–water partition coefficient (Wildman–Crippen LogP) is 5.08. The zero-order valence-electron chi connectivity index (χ0n) is 15.2. The smallest absolute Gasteiger partial charge is 0.350 e. The molecule has 0 aliphatic carbocycles. The topological polar surface area (TPSA) is 29.5 Å². The molecule has 1 aromatic carbocycles. The van der Waals surface area contributed by atoms with E-state index in [1.807, 2.05) is 4.90 Å². The molecular formula is C21H20F3NO2S. The summed E-state index contributed by atoms with van der Waals surface area (Å²) < 4.78 is 46.2. The Balaban J connectivity index is 1.84. The molecule has 3 rings (SSSR count). The quantitative estimate of drug-likeness (QED) is 0.494. The summed E-state index contributed by atoms with van der Waals surface area (Å²) >= 11 is 0.503. The molecule has 1 atom stereocenters. The Hall–Kier alpha value is -2.14. The Labute approximate surface area is 166 Å². The van der Waals surface area contributed by atoms with Crippen molar-refractivity contribution in [2.45, 2.75) is 31.7 Å². The number of thiophene rings is 1. The van der Waals surface area contributed by atoms with Crippen LogP contribution in [0.1, 0.15) is 33.8 Å². The van der Waals surface area contributed by atoms with Crippen LogP contribution in [0, 0.1) is 12.3 Å². The number of hydrogen-bond donors (Lipinski definition) is 0. The minimum absolute atomic E-state index is 0.0152. The van der Waals surface area contributed by atoms with Gasteiger partial charge in [0.15, 0.2) is 5.78 Å². The third kappa shape index (κ3) is 4.82. The maximum atomic E-state index is 13.5. The van der Waals surface area contributed by atoms with Crippen LogP contribution in [0.2, 0.25) is 0 Å². The molecule has 1 aliphatic rings. The maximum Gasteiger partial charge on any atom is 0.426 e. The molecule has 28 heavy (non-hydrogen) atoms. The minimum Gasteiger partial charge on any atom is -0.350 e. The molecule has 7 heteroatoms. The molecule has 0 spiro atoms. The van der Waals surface area contributed by atoms with Crippen LogP contribution in [0.25, 0.3) is 11.1 Å². The number of ketones is 1. The number of alkyl halides is 3. The third-order valence-corrected chi connectivity index (χ3v) is 5.83. The number of piperidine rings is 1. The Morgan fingerprint density at radius 2 is 2.04 bits per heavy atom. The van der Waals surface area contributed by atoms with Crippen molar-refractivity contribution in [3.63, 3.8) is 0 Å². The Kier molecular flexibility index (Phi) is 6.55. The lowest BCUT2D eigenvalue weighted by molar-refractivity contribution is -0.133. The number of likely N-dealkylation sites (tertiary alicyclic amines) is 1. The second-order valence-corrected chi connectivity index (χ2v) is 7.63. The molecule has 1 fully saturated rings. The molecule has 1 saturated heterocycles. The van der Waals surface area contributed by atoms with E-state index >= 15 is 0 Å². The molecule has 0 saturated carbocycles. The minimum atomic E-state index is -4.52. The van der Waals surface area contributed by atoms with Crippen LogP contribution < -0.4 is 0 Å². The number of hydrogen-bond acceptors (Lipinski definition) is 4. The van der Waals surface area contributed by atoms with Gasteiger partial charge in [-0.2, -0.15) is 13.2 Å². The van der Waals surface area contributed by atoms with Crippen LogP contribution in [-0.2, 0) is 10.9 Å². The molecule has 3 nitrogen and oxygen atoms in total. The average molecular weight is 407 g/mol. The standard InChI is InChI=1S/C21H20F3NO2S/c1-2-12-27-19-10-6-7-11-25(19)14-17(26)18-13-16(15-8-4-3-5-9-15)20(28-18)21(22,23)24/h1,3-5,8-9,13,19H,6-7,10-12,14H2. The number of rotatable bonds is 6. The highest BCUT2D eigenvalue weighted by atomic mass is 32.1. The maximum absolute atomic E-state index is 13.5. The molecule has 1 unspecified atom stereocenters. The van der Waals surface area contributed by atoms with E-state index in [4.69, 9.17) is 11.2 Å². The van der Waals surface area contributed by atoms with Gasteiger partial charge in [0, 0.05) is 12.1 Å². The highest BCUT2D eigenvalue weighted by Crippen LogP contribution is 2.43. The van der Waals surface area contributed by atoms with Crippen molar-refractivity contribution in [1.82, 2.24) is 4.90 Å². The summed E-state index contributed by atoms with van der Waals surface area (Å²) in [6.45, 7) is 0.816. The highest BCUT2D eigenvalue weighted by Gasteiger charge is 2.37. The van der Waals surface area contributed by atoms with Gasteiger partial charge in [-0.05, 0) is 30.9 Å². The van der Waals surface area contributed by atoms with Crippen LogP contribution in [0.5, 0.6) is 0 Å². The molecule has 0 bridgehead atoms. The van der Waals surface area contributed by atoms with Gasteiger partial charge in [-0.3, -0.25) is 9.69 Å². The van der Waals surface area contributed by atoms with Crippen molar-refractivity contribution in [3.8, 4) is 23.5 Å². The second-order valence-electron chi connectivity index (χ2n) is 6.58. The fraction of sp³-hybridized carbons (Fsp3) is 0.381. The molecule has 0 N–H and O–H groups in total. The van der Waals surface area contributed by atoms with E-state index in [1.54, 1.807) is 30.3 Å². The van der Waals surface area contributed by atoms with Gasteiger partial charge in [0.1, 0.15) is 17.7 Å². The van der Waals surface area contributed by atoms with Crippen LogP contribution in [0.4, 0.5) is 13.2 Å². The van der Waals surface area contributed by atoms with Crippen molar-refractivity contribution < 1.29 is 22.7 Å². The first-order chi connectivity index (χ1) is 13.4. The summed E-state index contributed by atoms with van der Waals surface area (Å²) in [5.74, 6) is 2.07. The third-order valence-electron chi connectivity index (χ3n) is 4.61. The van der Waals surface area contributed by atoms with Gasteiger partial charge in [-0.25, -0.2) is 0 Å². The highest BCUT2D eigenvalue weighted by molar-refractivity contribution is 7.14. The number of Topliss-reactive ketones (excluding diaryl/α,β-unsaturated/α-hetero) is 1. The summed E-state index contributed by atoms with van der Waals surface area (Å²) in [5.41, 5.74) is 0.485. The number of carbonyl (C=O) groups is 1. The number of nitrogens with zero attached hydrogens (tertiary/aromatic N) is 1. The van der Waals surface area contributed by atoms with Gasteiger partial charge in [0.25, 0.3) is 0 Å². The fourth-order valence-electron chi connectivity index (χ4n) is 3.31. The molecule has 2 heterocycles. The summed E-state index contributed by atoms with van der Waals surface area (Å²) in [6.07, 6.45) is 3.08. The molecule has 148 valence electrons. The van der Waals surface area contributed by atoms with Gasteiger partial charge < -0.3 is 4.74 Å². The van der Waals surface area contributed by atoms with Crippen LogP contribution >= 0.6 is 11.3 Å². The van der Waals surface area contributed by atoms with E-state index in [0.717, 1.165) is 19.3 Å². The van der Waals surface area contributed by atoms with Gasteiger partial charge in [-0.15, -0.1) is 17.8 Å². The molecule has 2 aromatic rings. The zero-order valence-corrected chi connectivity index (χ0v) is 16.0. The van der Waals surface area contributed by atoms with Crippen molar-refractivity contribution in [3.05, 3.63) is 46.2 Å². The van der Waals surface area contributed by atoms with E-state index in [2.05, 4.69) is 5.92 Å². The van der Waals surface area contributed by atoms with Crippen molar-refractivity contribution in [1.29, 1.82) is 0 Å². The van der Waals surface area contributed by atoms with Crippen molar-refractivity contribution >= 4 is 17.1 Å². The van der Waals surface area contributed by atoms with E-state index in [-0.39, 0.29) is 35.6 Å². The van der Waals surface area contributed by atoms with Gasteiger partial charge in [0.2, 0.25) is 0 Å². The molecule has 0 amide bonds. The van der Waals surface area contributed by atoms with E-state index in [1.165, 1.54) is 6.07 Å². The second kappa shape index (κ2) is 8.91. The SMILES string of the molecule is C#CCOC1CCCCN1CC(=O)c1cc(-c2ccccc2)c(C(F)(F)F)s1. The van der Waals surface area contributed by atoms with Crippen LogP contribution in [0.3, 0.4) is 0 Å². The average Bonchev–Trinajstić information content (AvgIpc) is 3.14. The largest absolute Gasteiger partial charge is 0.426 e. The van der Waals surface area contributed by atoms with Gasteiger partial charge in [-0.1, -0.05) is 36.3 Å². The monoisotopic (exact) mass is 407 g/mol. The first-order valence-corrected chi connectivity index (χ1v) is 9.80.